The number of nitrogens with zero attached hydrogens (tertiary/aromatic N) is 3. The van der Waals surface area contributed by atoms with Crippen LogP contribution < -0.4 is 21.7 Å². The van der Waals surface area contributed by atoms with Crippen LogP contribution in [-0.4, -0.2) is 114 Å². The summed E-state index contributed by atoms with van der Waals surface area (Å²) in [5.74, 6) is -0.497. The van der Waals surface area contributed by atoms with Gasteiger partial charge in [-0.1, -0.05) is 30.3 Å². The van der Waals surface area contributed by atoms with Gasteiger partial charge in [-0.15, -0.1) is 11.8 Å². The molecular weight excluding hydrogens is 554 g/mol. The smallest absolute Gasteiger partial charge is 0.240 e. The number of amides is 3. The molecule has 2 heterocycles. The molecule has 228 valence electrons. The third kappa shape index (κ3) is 8.68. The Hall–Kier alpha value is -3.16. The van der Waals surface area contributed by atoms with Crippen molar-refractivity contribution in [2.45, 2.75) is 36.1 Å². The molecular formula is C30H43N7O4S. The molecule has 42 heavy (non-hydrogen) atoms. The largest absolute Gasteiger partial charge is 0.387 e. The highest BCUT2D eigenvalue weighted by molar-refractivity contribution is 8.01. The molecule has 2 aliphatic heterocycles. The lowest BCUT2D eigenvalue weighted by atomic mass is 10.1. The van der Waals surface area contributed by atoms with E-state index in [4.69, 9.17) is 5.73 Å². The highest BCUT2D eigenvalue weighted by Gasteiger charge is 2.44. The minimum absolute atomic E-state index is 0.0109. The molecule has 2 aliphatic rings. The maximum atomic E-state index is 13.1. The first-order chi connectivity index (χ1) is 20.2. The Labute approximate surface area is 252 Å². The summed E-state index contributed by atoms with van der Waals surface area (Å²) in [6, 6.07) is 15.6. The van der Waals surface area contributed by atoms with Crippen LogP contribution >= 0.6 is 11.8 Å². The second kappa shape index (κ2) is 15.4. The SMILES string of the molecule is CCN1C(=O)[C@@H](CNc2ccc(NC(=O)CCN3CCN(C)CC3)cc2)SC1[C@H](N)C(=O)NCC(O)c1ccccc1. The summed E-state index contributed by atoms with van der Waals surface area (Å²) in [5, 5.41) is 18.4. The quantitative estimate of drug-likeness (QED) is 0.230. The van der Waals surface area contributed by atoms with Gasteiger partial charge in [-0.3, -0.25) is 14.4 Å². The lowest BCUT2D eigenvalue weighted by molar-refractivity contribution is -0.131. The van der Waals surface area contributed by atoms with Crippen LogP contribution in [0.4, 0.5) is 11.4 Å². The maximum absolute atomic E-state index is 13.1. The molecule has 12 heteroatoms. The molecule has 4 atom stereocenters. The average molecular weight is 598 g/mol. The Morgan fingerprint density at radius 1 is 1.05 bits per heavy atom. The van der Waals surface area contributed by atoms with E-state index in [2.05, 4.69) is 32.8 Å². The van der Waals surface area contributed by atoms with Crippen LogP contribution in [0, 0.1) is 0 Å². The molecule has 0 aromatic heterocycles. The Balaban J connectivity index is 1.22. The van der Waals surface area contributed by atoms with Crippen LogP contribution in [0.5, 0.6) is 0 Å². The van der Waals surface area contributed by atoms with Crippen LogP contribution in [0.15, 0.2) is 54.6 Å². The Kier molecular flexibility index (Phi) is 11.6. The zero-order valence-corrected chi connectivity index (χ0v) is 25.2. The van der Waals surface area contributed by atoms with Crippen LogP contribution in [0.2, 0.25) is 0 Å². The van der Waals surface area contributed by atoms with E-state index >= 15 is 0 Å². The number of carbonyl (C=O) groups excluding carboxylic acids is 3. The predicted octanol–water partition coefficient (Wildman–Crippen LogP) is 1.14. The van der Waals surface area contributed by atoms with E-state index in [1.807, 2.05) is 49.4 Å². The number of hydrogen-bond donors (Lipinski definition) is 5. The zero-order chi connectivity index (χ0) is 30.1. The van der Waals surface area contributed by atoms with Crippen molar-refractivity contribution in [1.29, 1.82) is 0 Å². The Bertz CT molecular complexity index is 1180. The fraction of sp³-hybridized carbons (Fsp3) is 0.500. The minimum Gasteiger partial charge on any atom is -0.387 e. The van der Waals surface area contributed by atoms with Gasteiger partial charge in [-0.05, 0) is 43.8 Å². The van der Waals surface area contributed by atoms with Crippen molar-refractivity contribution in [2.75, 3.05) is 70.0 Å². The number of benzene rings is 2. The summed E-state index contributed by atoms with van der Waals surface area (Å²) in [4.78, 5) is 44.6. The monoisotopic (exact) mass is 597 g/mol. The summed E-state index contributed by atoms with van der Waals surface area (Å²) in [5.41, 5.74) is 8.55. The lowest BCUT2D eigenvalue weighted by Gasteiger charge is -2.32. The molecule has 0 saturated carbocycles. The maximum Gasteiger partial charge on any atom is 0.240 e. The van der Waals surface area contributed by atoms with Gasteiger partial charge in [-0.25, -0.2) is 0 Å². The summed E-state index contributed by atoms with van der Waals surface area (Å²) in [7, 11) is 2.11. The first kappa shape index (κ1) is 31.8. The number of carbonyl (C=O) groups is 3. The van der Waals surface area contributed by atoms with Crippen LogP contribution in [0.1, 0.15) is 25.0 Å². The molecule has 0 radical (unpaired) electrons. The molecule has 0 bridgehead atoms. The molecule has 2 unspecified atom stereocenters. The number of thioether (sulfide) groups is 1. The van der Waals surface area contributed by atoms with Crippen molar-refractivity contribution in [2.24, 2.45) is 5.73 Å². The van der Waals surface area contributed by atoms with E-state index in [9.17, 15) is 19.5 Å². The predicted molar refractivity (Wildman–Crippen MR) is 167 cm³/mol. The van der Waals surface area contributed by atoms with Gasteiger partial charge in [0.25, 0.3) is 0 Å². The van der Waals surface area contributed by atoms with E-state index < -0.39 is 28.7 Å². The van der Waals surface area contributed by atoms with E-state index in [0.29, 0.717) is 25.1 Å². The van der Waals surface area contributed by atoms with Gasteiger partial charge in [0, 0.05) is 70.2 Å². The number of aliphatic hydroxyl groups excluding tert-OH is 1. The lowest BCUT2D eigenvalue weighted by Crippen LogP contribution is -2.53. The number of piperazine rings is 1. The molecule has 6 N–H and O–H groups in total. The van der Waals surface area contributed by atoms with Gasteiger partial charge in [0.1, 0.15) is 16.7 Å². The highest BCUT2D eigenvalue weighted by atomic mass is 32.2. The number of likely N-dealkylation sites (N-methyl/N-ethyl adjacent to an activating group) is 2. The third-order valence-electron chi connectivity index (χ3n) is 7.69. The molecule has 2 fully saturated rings. The minimum atomic E-state index is -0.939. The molecule has 0 spiro atoms. The van der Waals surface area contributed by atoms with Crippen molar-refractivity contribution in [3.8, 4) is 0 Å². The molecule has 2 aromatic rings. The fourth-order valence-electron chi connectivity index (χ4n) is 5.03. The number of aliphatic hydroxyl groups is 1. The van der Waals surface area contributed by atoms with E-state index in [1.54, 1.807) is 17.0 Å². The van der Waals surface area contributed by atoms with Gasteiger partial charge in [-0.2, -0.15) is 0 Å². The first-order valence-corrected chi connectivity index (χ1v) is 15.5. The van der Waals surface area contributed by atoms with Crippen LogP contribution in [0.3, 0.4) is 0 Å². The first-order valence-electron chi connectivity index (χ1n) is 14.5. The number of hydrogen-bond acceptors (Lipinski definition) is 9. The van der Waals surface area contributed by atoms with Crippen molar-refractivity contribution in [3.63, 3.8) is 0 Å². The fourth-order valence-corrected chi connectivity index (χ4v) is 6.50. The van der Waals surface area contributed by atoms with Gasteiger partial charge < -0.3 is 41.5 Å². The summed E-state index contributed by atoms with van der Waals surface area (Å²) in [6.45, 7) is 7.48. The van der Waals surface area contributed by atoms with Crippen molar-refractivity contribution in [3.05, 3.63) is 60.2 Å². The topological polar surface area (TPSA) is 143 Å². The van der Waals surface area contributed by atoms with Crippen LogP contribution in [-0.2, 0) is 14.4 Å². The van der Waals surface area contributed by atoms with Gasteiger partial charge in [0.05, 0.1) is 6.10 Å². The highest BCUT2D eigenvalue weighted by Crippen LogP contribution is 2.33. The molecule has 3 amide bonds. The standard InChI is InChI=1S/C30H43N7O4S/c1-3-37-29(41)25(42-30(37)27(31)28(40)33-19-24(38)21-7-5-4-6-8-21)20-32-22-9-11-23(12-10-22)34-26(39)13-14-36-17-15-35(2)16-18-36/h4-12,24-25,27,30,32,38H,3,13-20,31H2,1-2H3,(H,33,40)(H,34,39)/t24?,25-,27-,30?/m1/s1. The zero-order valence-electron chi connectivity index (χ0n) is 24.4. The van der Waals surface area contributed by atoms with E-state index in [1.165, 1.54) is 11.8 Å². The summed E-state index contributed by atoms with van der Waals surface area (Å²) in [6.07, 6.45) is -0.394. The number of anilines is 2. The summed E-state index contributed by atoms with van der Waals surface area (Å²) >= 11 is 1.37. The van der Waals surface area contributed by atoms with Gasteiger partial charge in [0.15, 0.2) is 0 Å². The van der Waals surface area contributed by atoms with Gasteiger partial charge >= 0.3 is 0 Å². The second-order valence-electron chi connectivity index (χ2n) is 10.7. The average Bonchev–Trinajstić information content (AvgIpc) is 3.33. The Morgan fingerprint density at radius 3 is 2.38 bits per heavy atom. The molecule has 4 rings (SSSR count). The summed E-state index contributed by atoms with van der Waals surface area (Å²) < 4.78 is 0. The van der Waals surface area contributed by atoms with Crippen molar-refractivity contribution < 1.29 is 19.5 Å². The third-order valence-corrected chi connectivity index (χ3v) is 9.21. The van der Waals surface area contributed by atoms with Crippen LogP contribution in [0.25, 0.3) is 0 Å². The molecule has 0 aliphatic carbocycles. The van der Waals surface area contributed by atoms with Gasteiger partial charge in [0.2, 0.25) is 17.7 Å². The number of nitrogens with two attached hydrogens (primary N) is 1. The molecule has 2 saturated heterocycles. The van der Waals surface area contributed by atoms with E-state index in [0.717, 1.165) is 44.1 Å². The number of rotatable bonds is 13. The normalized spacial score (nSPS) is 21.1. The second-order valence-corrected chi connectivity index (χ2v) is 12.1. The van der Waals surface area contributed by atoms with E-state index in [-0.39, 0.29) is 18.4 Å². The molecule has 11 nitrogen and oxygen atoms in total. The molecule has 2 aromatic carbocycles. The van der Waals surface area contributed by atoms with Crippen molar-refractivity contribution in [1.82, 2.24) is 20.0 Å². The Morgan fingerprint density at radius 2 is 1.71 bits per heavy atom. The number of nitrogens with one attached hydrogen (secondary N) is 3. The van der Waals surface area contributed by atoms with Crippen molar-refractivity contribution >= 4 is 40.9 Å².